The minimum Gasteiger partial charge on any atom is -0.489 e. The second-order valence-corrected chi connectivity index (χ2v) is 6.92. The maximum absolute atomic E-state index is 8.67. The van der Waals surface area contributed by atoms with Gasteiger partial charge in [-0.2, -0.15) is 0 Å². The zero-order valence-electron chi connectivity index (χ0n) is 12.2. The molecule has 1 fully saturated rings. The van der Waals surface area contributed by atoms with Gasteiger partial charge in [0.25, 0.3) is 0 Å². The number of para-hydroxylation sites is 1. The fraction of sp³-hybridized carbons (Fsp3) is 0.357. The van der Waals surface area contributed by atoms with E-state index in [1.165, 1.54) is 11.3 Å². The second-order valence-electron chi connectivity index (χ2n) is 5.11. The number of hydrogen-bond acceptors (Lipinski definition) is 7. The third-order valence-electron chi connectivity index (χ3n) is 3.58. The fourth-order valence-electron chi connectivity index (χ4n) is 2.37. The fourth-order valence-corrected chi connectivity index (χ4v) is 3.55. The number of halogens is 1. The summed E-state index contributed by atoms with van der Waals surface area (Å²) in [6.45, 7) is 1.67. The van der Waals surface area contributed by atoms with Gasteiger partial charge in [0.1, 0.15) is 11.9 Å². The molecule has 1 aliphatic rings. The monoisotopic (exact) mass is 397 g/mol. The van der Waals surface area contributed by atoms with Gasteiger partial charge in [-0.15, -0.1) is 10.2 Å². The van der Waals surface area contributed by atoms with Crippen LogP contribution < -0.4 is 15.4 Å². The average Bonchev–Trinajstić information content (AvgIpc) is 3.07. The van der Waals surface area contributed by atoms with Gasteiger partial charge in [-0.3, -0.25) is 0 Å². The summed E-state index contributed by atoms with van der Waals surface area (Å²) in [5.74, 6) is 0.858. The summed E-state index contributed by atoms with van der Waals surface area (Å²) in [6, 6.07) is 7.86. The highest BCUT2D eigenvalue weighted by Crippen LogP contribution is 2.29. The molecule has 1 aromatic heterocycles. The molecule has 0 unspecified atom stereocenters. The van der Waals surface area contributed by atoms with E-state index in [1.807, 2.05) is 24.3 Å². The lowest BCUT2D eigenvalue weighted by atomic mass is 10.1. The van der Waals surface area contributed by atoms with Crippen LogP contribution in [0.4, 0.5) is 5.13 Å². The van der Waals surface area contributed by atoms with Crippen LogP contribution in [0.2, 0.25) is 0 Å². The van der Waals surface area contributed by atoms with Crippen LogP contribution in [0.1, 0.15) is 17.8 Å². The zero-order valence-corrected chi connectivity index (χ0v) is 14.6. The minimum atomic E-state index is -0.0131. The van der Waals surface area contributed by atoms with Gasteiger partial charge in [0.05, 0.1) is 4.47 Å². The second kappa shape index (κ2) is 7.14. The molecule has 3 N–H and O–H groups in total. The van der Waals surface area contributed by atoms with E-state index in [0.717, 1.165) is 41.3 Å². The third-order valence-corrected chi connectivity index (χ3v) is 5.25. The third kappa shape index (κ3) is 3.73. The molecule has 1 saturated heterocycles. The van der Waals surface area contributed by atoms with Crippen LogP contribution in [-0.4, -0.2) is 40.4 Å². The van der Waals surface area contributed by atoms with E-state index in [0.29, 0.717) is 5.01 Å². The van der Waals surface area contributed by atoms with Crippen LogP contribution >= 0.6 is 27.3 Å². The van der Waals surface area contributed by atoms with Crippen molar-refractivity contribution in [2.24, 2.45) is 10.9 Å². The first-order chi connectivity index (χ1) is 11.2. The maximum Gasteiger partial charge on any atom is 0.208 e. The molecule has 7 nitrogen and oxygen atoms in total. The standard InChI is InChI=1S/C14H16BrN5O2S/c15-10-3-1-2-4-11(10)22-9-5-7-20(8-6-9)14-18-17-13(23-14)12(16)19-21/h1-4,9,21H,5-8H2,(H2,16,19). The van der Waals surface area contributed by atoms with E-state index >= 15 is 0 Å². The number of aromatic nitrogens is 2. The highest BCUT2D eigenvalue weighted by Gasteiger charge is 2.24. The van der Waals surface area contributed by atoms with E-state index in [1.54, 1.807) is 0 Å². The lowest BCUT2D eigenvalue weighted by molar-refractivity contribution is 0.170. The number of nitrogens with two attached hydrogens (primary N) is 1. The molecule has 0 spiro atoms. The lowest BCUT2D eigenvalue weighted by Gasteiger charge is -2.31. The average molecular weight is 398 g/mol. The van der Waals surface area contributed by atoms with Crippen LogP contribution in [-0.2, 0) is 0 Å². The number of hydrogen-bond donors (Lipinski definition) is 2. The Morgan fingerprint density at radius 1 is 1.35 bits per heavy atom. The molecule has 1 aliphatic heterocycles. The number of ether oxygens (including phenoxy) is 1. The molecule has 0 aliphatic carbocycles. The van der Waals surface area contributed by atoms with Crippen molar-refractivity contribution in [3.05, 3.63) is 33.7 Å². The van der Waals surface area contributed by atoms with Crippen LogP contribution in [0.25, 0.3) is 0 Å². The molecular weight excluding hydrogens is 382 g/mol. The number of oxime groups is 1. The van der Waals surface area contributed by atoms with Crippen molar-refractivity contribution < 1.29 is 9.94 Å². The maximum atomic E-state index is 8.67. The molecule has 1 aromatic carbocycles. The summed E-state index contributed by atoms with van der Waals surface area (Å²) in [4.78, 5) is 2.14. The summed E-state index contributed by atoms with van der Waals surface area (Å²) in [5, 5.41) is 20.9. The van der Waals surface area contributed by atoms with Crippen LogP contribution in [0.15, 0.2) is 33.9 Å². The molecule has 23 heavy (non-hydrogen) atoms. The lowest BCUT2D eigenvalue weighted by Crippen LogP contribution is -2.38. The van der Waals surface area contributed by atoms with Gasteiger partial charge in [0, 0.05) is 25.9 Å². The van der Waals surface area contributed by atoms with Crippen molar-refractivity contribution in [2.75, 3.05) is 18.0 Å². The van der Waals surface area contributed by atoms with Gasteiger partial charge in [-0.1, -0.05) is 28.6 Å². The Balaban J connectivity index is 1.58. The van der Waals surface area contributed by atoms with Gasteiger partial charge in [-0.25, -0.2) is 0 Å². The van der Waals surface area contributed by atoms with Gasteiger partial charge >= 0.3 is 0 Å². The summed E-state index contributed by atoms with van der Waals surface area (Å²) < 4.78 is 7.02. The van der Waals surface area contributed by atoms with Crippen LogP contribution in [0, 0.1) is 0 Å². The van der Waals surface area contributed by atoms with Crippen molar-refractivity contribution in [3.8, 4) is 5.75 Å². The summed E-state index contributed by atoms with van der Waals surface area (Å²) in [5.41, 5.74) is 5.52. The highest BCUT2D eigenvalue weighted by molar-refractivity contribution is 9.10. The van der Waals surface area contributed by atoms with Crippen LogP contribution in [0.5, 0.6) is 5.75 Å². The number of benzene rings is 1. The normalized spacial score (nSPS) is 16.6. The van der Waals surface area contributed by atoms with E-state index in [4.69, 9.17) is 15.7 Å². The largest absolute Gasteiger partial charge is 0.489 e. The highest BCUT2D eigenvalue weighted by atomic mass is 79.9. The molecule has 122 valence electrons. The molecule has 0 amide bonds. The SMILES string of the molecule is N/C(=N\O)c1nnc(N2CCC(Oc3ccccc3Br)CC2)s1. The molecule has 0 bridgehead atoms. The molecule has 2 heterocycles. The van der Waals surface area contributed by atoms with Crippen molar-refractivity contribution in [1.29, 1.82) is 0 Å². The topological polar surface area (TPSA) is 96.9 Å². The quantitative estimate of drug-likeness (QED) is 0.356. The predicted molar refractivity (Wildman–Crippen MR) is 92.4 cm³/mol. The molecule has 2 aromatic rings. The summed E-state index contributed by atoms with van der Waals surface area (Å²) >= 11 is 4.82. The van der Waals surface area contributed by atoms with Crippen molar-refractivity contribution in [2.45, 2.75) is 18.9 Å². The Morgan fingerprint density at radius 2 is 2.09 bits per heavy atom. The Morgan fingerprint density at radius 3 is 2.78 bits per heavy atom. The Bertz CT molecular complexity index is 700. The number of rotatable bonds is 4. The molecule has 0 atom stereocenters. The van der Waals surface area contributed by atoms with Gasteiger partial charge < -0.3 is 20.6 Å². The van der Waals surface area contributed by atoms with Crippen molar-refractivity contribution >= 4 is 38.2 Å². The Labute approximate surface area is 145 Å². The summed E-state index contributed by atoms with van der Waals surface area (Å²) in [7, 11) is 0. The molecule has 9 heteroatoms. The number of anilines is 1. The predicted octanol–water partition coefficient (Wildman–Crippen LogP) is 2.44. The smallest absolute Gasteiger partial charge is 0.208 e. The van der Waals surface area contributed by atoms with Crippen molar-refractivity contribution in [3.63, 3.8) is 0 Å². The van der Waals surface area contributed by atoms with Gasteiger partial charge in [0.15, 0.2) is 5.01 Å². The molecule has 0 radical (unpaired) electrons. The first-order valence-corrected chi connectivity index (χ1v) is 8.76. The molecule has 3 rings (SSSR count). The first kappa shape index (κ1) is 16.0. The number of piperidine rings is 1. The van der Waals surface area contributed by atoms with Gasteiger partial charge in [-0.05, 0) is 28.1 Å². The Kier molecular flexibility index (Phi) is 4.97. The first-order valence-electron chi connectivity index (χ1n) is 7.15. The van der Waals surface area contributed by atoms with Crippen LogP contribution in [0.3, 0.4) is 0 Å². The summed E-state index contributed by atoms with van der Waals surface area (Å²) in [6.07, 6.45) is 1.99. The van der Waals surface area contributed by atoms with Gasteiger partial charge in [0.2, 0.25) is 11.0 Å². The van der Waals surface area contributed by atoms with E-state index in [-0.39, 0.29) is 11.9 Å². The Hall–Kier alpha value is -1.87. The van der Waals surface area contributed by atoms with E-state index in [2.05, 4.69) is 36.2 Å². The zero-order chi connectivity index (χ0) is 16.2. The molecule has 0 saturated carbocycles. The number of nitrogens with zero attached hydrogens (tertiary/aromatic N) is 4. The van der Waals surface area contributed by atoms with E-state index < -0.39 is 0 Å². The van der Waals surface area contributed by atoms with E-state index in [9.17, 15) is 0 Å². The minimum absolute atomic E-state index is 0.0131. The molecular formula is C14H16BrN5O2S. The van der Waals surface area contributed by atoms with Crippen molar-refractivity contribution in [1.82, 2.24) is 10.2 Å². The number of amidine groups is 1.